The number of carbonyl (C=O) groups is 1. The molecule has 0 atom stereocenters. The van der Waals surface area contributed by atoms with Crippen LogP contribution in [0.4, 0.5) is 11.4 Å². The number of anilines is 1. The van der Waals surface area contributed by atoms with Crippen molar-refractivity contribution < 1.29 is 23.9 Å². The number of carbonyl (C=O) groups excluding carboxylic acids is 1. The fourth-order valence-electron chi connectivity index (χ4n) is 2.25. The molecule has 0 aromatic heterocycles. The van der Waals surface area contributed by atoms with Crippen LogP contribution in [-0.4, -0.2) is 32.2 Å². The average Bonchev–Trinajstić information content (AvgIpc) is 2.65. The van der Waals surface area contributed by atoms with Crippen molar-refractivity contribution in [3.05, 3.63) is 58.2 Å². The molecule has 0 unspecified atom stereocenters. The molecule has 0 aliphatic carbocycles. The number of methoxy groups -OCH3 is 3. The molecule has 0 heterocycles. The van der Waals surface area contributed by atoms with E-state index >= 15 is 0 Å². The third kappa shape index (κ3) is 4.50. The predicted molar refractivity (Wildman–Crippen MR) is 96.9 cm³/mol. The Hall–Kier alpha value is -3.55. The summed E-state index contributed by atoms with van der Waals surface area (Å²) in [6.45, 7) is 0. The van der Waals surface area contributed by atoms with E-state index in [0.717, 1.165) is 0 Å². The second kappa shape index (κ2) is 8.52. The Balaban J connectivity index is 2.17. The van der Waals surface area contributed by atoms with E-state index in [1.807, 2.05) is 0 Å². The molecule has 8 heteroatoms. The highest BCUT2D eigenvalue weighted by Crippen LogP contribution is 2.38. The Morgan fingerprint density at radius 3 is 2.27 bits per heavy atom. The SMILES string of the molecule is COc1cc(/C=C/C(=O)Nc2cccc([N+](=O)[O-])c2)cc(OC)c1OC. The molecule has 0 bridgehead atoms. The fraction of sp³-hybridized carbons (Fsp3) is 0.167. The maximum atomic E-state index is 12.0. The van der Waals surface area contributed by atoms with Gasteiger partial charge < -0.3 is 19.5 Å². The van der Waals surface area contributed by atoms with Crippen LogP contribution < -0.4 is 19.5 Å². The van der Waals surface area contributed by atoms with Crippen LogP contribution in [0, 0.1) is 10.1 Å². The first kappa shape index (κ1) is 18.8. The Morgan fingerprint density at radius 2 is 1.73 bits per heavy atom. The first-order valence-corrected chi connectivity index (χ1v) is 7.52. The van der Waals surface area contributed by atoms with Crippen molar-refractivity contribution in [3.8, 4) is 17.2 Å². The Kier molecular flexibility index (Phi) is 6.15. The van der Waals surface area contributed by atoms with Crippen LogP contribution in [0.25, 0.3) is 6.08 Å². The number of nitrogens with zero attached hydrogens (tertiary/aromatic N) is 1. The summed E-state index contributed by atoms with van der Waals surface area (Å²) in [5.74, 6) is 0.948. The molecule has 136 valence electrons. The lowest BCUT2D eigenvalue weighted by molar-refractivity contribution is -0.384. The zero-order valence-corrected chi connectivity index (χ0v) is 14.5. The van der Waals surface area contributed by atoms with Crippen LogP contribution in [0.15, 0.2) is 42.5 Å². The van der Waals surface area contributed by atoms with E-state index < -0.39 is 10.8 Å². The predicted octanol–water partition coefficient (Wildman–Crippen LogP) is 3.27. The van der Waals surface area contributed by atoms with Gasteiger partial charge in [0, 0.05) is 23.9 Å². The summed E-state index contributed by atoms with van der Waals surface area (Å²) in [6, 6.07) is 9.08. The summed E-state index contributed by atoms with van der Waals surface area (Å²) in [7, 11) is 4.50. The third-order valence-electron chi connectivity index (χ3n) is 3.44. The van der Waals surface area contributed by atoms with Crippen molar-refractivity contribution in [1.29, 1.82) is 0 Å². The van der Waals surface area contributed by atoms with Crippen LogP contribution in [0.2, 0.25) is 0 Å². The minimum absolute atomic E-state index is 0.101. The van der Waals surface area contributed by atoms with Gasteiger partial charge in [0.15, 0.2) is 11.5 Å². The highest BCUT2D eigenvalue weighted by molar-refractivity contribution is 6.02. The van der Waals surface area contributed by atoms with E-state index in [9.17, 15) is 14.9 Å². The first-order chi connectivity index (χ1) is 12.5. The molecule has 1 N–H and O–H groups in total. The summed E-state index contributed by atoms with van der Waals surface area (Å²) in [6.07, 6.45) is 2.87. The van der Waals surface area contributed by atoms with Gasteiger partial charge in [-0.3, -0.25) is 14.9 Å². The monoisotopic (exact) mass is 358 g/mol. The summed E-state index contributed by atoms with van der Waals surface area (Å²) in [4.78, 5) is 22.3. The lowest BCUT2D eigenvalue weighted by Gasteiger charge is -2.12. The Labute approximate surface area is 150 Å². The van der Waals surface area contributed by atoms with Crippen LogP contribution in [0.5, 0.6) is 17.2 Å². The maximum Gasteiger partial charge on any atom is 0.271 e. The molecule has 0 fully saturated rings. The van der Waals surface area contributed by atoms with Gasteiger partial charge >= 0.3 is 0 Å². The van der Waals surface area contributed by atoms with Crippen LogP contribution >= 0.6 is 0 Å². The largest absolute Gasteiger partial charge is 0.493 e. The molecule has 0 saturated heterocycles. The van der Waals surface area contributed by atoms with E-state index in [0.29, 0.717) is 28.5 Å². The standard InChI is InChI=1S/C18H18N2O6/c1-24-15-9-12(10-16(25-2)18(15)26-3)7-8-17(21)19-13-5-4-6-14(11-13)20(22)23/h4-11H,1-3H3,(H,19,21)/b8-7+. The van der Waals surface area contributed by atoms with Gasteiger partial charge in [-0.25, -0.2) is 0 Å². The van der Waals surface area contributed by atoms with Crippen molar-refractivity contribution in [1.82, 2.24) is 0 Å². The van der Waals surface area contributed by atoms with E-state index in [2.05, 4.69) is 5.32 Å². The summed E-state index contributed by atoms with van der Waals surface area (Å²) >= 11 is 0. The second-order valence-corrected chi connectivity index (χ2v) is 5.09. The lowest BCUT2D eigenvalue weighted by Crippen LogP contribution is -2.07. The molecule has 0 saturated carbocycles. The minimum Gasteiger partial charge on any atom is -0.493 e. The quantitative estimate of drug-likeness (QED) is 0.463. The van der Waals surface area contributed by atoms with Crippen LogP contribution in [-0.2, 0) is 4.79 Å². The topological polar surface area (TPSA) is 99.9 Å². The van der Waals surface area contributed by atoms with E-state index in [1.54, 1.807) is 24.3 Å². The Morgan fingerprint density at radius 1 is 1.08 bits per heavy atom. The van der Waals surface area contributed by atoms with Gasteiger partial charge in [0.05, 0.1) is 26.3 Å². The highest BCUT2D eigenvalue weighted by atomic mass is 16.6. The van der Waals surface area contributed by atoms with Crippen molar-refractivity contribution >= 4 is 23.4 Å². The van der Waals surface area contributed by atoms with Crippen LogP contribution in [0.3, 0.4) is 0 Å². The first-order valence-electron chi connectivity index (χ1n) is 7.52. The highest BCUT2D eigenvalue weighted by Gasteiger charge is 2.12. The molecule has 2 aromatic carbocycles. The van der Waals surface area contributed by atoms with Gasteiger partial charge in [-0.05, 0) is 29.8 Å². The van der Waals surface area contributed by atoms with E-state index in [4.69, 9.17) is 14.2 Å². The molecule has 0 spiro atoms. The molecule has 0 aliphatic rings. The summed E-state index contributed by atoms with van der Waals surface area (Å²) in [5.41, 5.74) is 0.892. The Bertz CT molecular complexity index is 822. The summed E-state index contributed by atoms with van der Waals surface area (Å²) < 4.78 is 15.7. The number of nitro groups is 1. The lowest BCUT2D eigenvalue weighted by atomic mass is 10.1. The maximum absolute atomic E-state index is 12.0. The van der Waals surface area contributed by atoms with Crippen LogP contribution in [0.1, 0.15) is 5.56 Å². The molecular weight excluding hydrogens is 340 g/mol. The third-order valence-corrected chi connectivity index (χ3v) is 3.44. The smallest absolute Gasteiger partial charge is 0.271 e. The minimum atomic E-state index is -0.526. The van der Waals surface area contributed by atoms with Gasteiger partial charge in [-0.1, -0.05) is 6.07 Å². The molecule has 0 aliphatic heterocycles. The molecule has 2 rings (SSSR count). The molecule has 2 aromatic rings. The zero-order valence-electron chi connectivity index (χ0n) is 14.5. The normalized spacial score (nSPS) is 10.4. The van der Waals surface area contributed by atoms with Gasteiger partial charge in [0.25, 0.3) is 5.69 Å². The zero-order chi connectivity index (χ0) is 19.1. The molecular formula is C18H18N2O6. The molecule has 26 heavy (non-hydrogen) atoms. The molecule has 8 nitrogen and oxygen atoms in total. The number of nitro benzene ring substituents is 1. The second-order valence-electron chi connectivity index (χ2n) is 5.09. The fourth-order valence-corrected chi connectivity index (χ4v) is 2.25. The number of nitrogens with one attached hydrogen (secondary N) is 1. The van der Waals surface area contributed by atoms with Gasteiger partial charge in [0.1, 0.15) is 0 Å². The van der Waals surface area contributed by atoms with Gasteiger partial charge in [-0.15, -0.1) is 0 Å². The van der Waals surface area contributed by atoms with E-state index in [1.165, 1.54) is 45.6 Å². The van der Waals surface area contributed by atoms with Crippen molar-refractivity contribution in [2.75, 3.05) is 26.6 Å². The molecule has 0 radical (unpaired) electrons. The van der Waals surface area contributed by atoms with Crippen molar-refractivity contribution in [3.63, 3.8) is 0 Å². The number of hydrogen-bond donors (Lipinski definition) is 1. The number of benzene rings is 2. The van der Waals surface area contributed by atoms with Crippen molar-refractivity contribution in [2.45, 2.75) is 0 Å². The van der Waals surface area contributed by atoms with E-state index in [-0.39, 0.29) is 5.69 Å². The number of rotatable bonds is 7. The number of ether oxygens (including phenoxy) is 3. The van der Waals surface area contributed by atoms with Gasteiger partial charge in [0.2, 0.25) is 11.7 Å². The number of hydrogen-bond acceptors (Lipinski definition) is 6. The number of non-ortho nitro benzene ring substituents is 1. The van der Waals surface area contributed by atoms with Gasteiger partial charge in [-0.2, -0.15) is 0 Å². The number of amides is 1. The van der Waals surface area contributed by atoms with Crippen molar-refractivity contribution in [2.24, 2.45) is 0 Å². The summed E-state index contributed by atoms with van der Waals surface area (Å²) in [5, 5.41) is 13.3. The molecule has 1 amide bonds. The average molecular weight is 358 g/mol.